The average molecular weight is 291 g/mol. The second-order valence-corrected chi connectivity index (χ2v) is 6.99. The van der Waals surface area contributed by atoms with Crippen LogP contribution in [0.3, 0.4) is 0 Å². The van der Waals surface area contributed by atoms with Crippen LogP contribution in [0.1, 0.15) is 52.1 Å². The van der Waals surface area contributed by atoms with E-state index in [0.29, 0.717) is 6.42 Å². The number of nitrogens with one attached hydrogen (secondary N) is 1. The molecule has 1 N–H and O–H groups in total. The minimum Gasteiger partial charge on any atom is -0.346 e. The summed E-state index contributed by atoms with van der Waals surface area (Å²) >= 11 is 0. The first-order chi connectivity index (χ1) is 9.74. The Bertz CT molecular complexity index is 542. The Morgan fingerprint density at radius 3 is 2.62 bits per heavy atom. The fourth-order valence-corrected chi connectivity index (χ4v) is 2.68. The zero-order valence-corrected chi connectivity index (χ0v) is 13.5. The van der Waals surface area contributed by atoms with Crippen molar-refractivity contribution in [2.45, 2.75) is 52.5 Å². The summed E-state index contributed by atoms with van der Waals surface area (Å²) in [5.41, 5.74) is 0.699. The molecule has 5 heteroatoms. The molecular formula is C16H25N3O2. The van der Waals surface area contributed by atoms with Crippen molar-refractivity contribution in [1.82, 2.24) is 15.1 Å². The first-order valence-electron chi connectivity index (χ1n) is 7.56. The minimum atomic E-state index is -0.417. The number of rotatable bonds is 5. The number of ketones is 1. The Morgan fingerprint density at radius 1 is 1.48 bits per heavy atom. The Kier molecular flexibility index (Phi) is 4.21. The molecule has 0 radical (unpaired) electrons. The van der Waals surface area contributed by atoms with Crippen LogP contribution >= 0.6 is 0 Å². The van der Waals surface area contributed by atoms with Gasteiger partial charge in [0, 0.05) is 31.5 Å². The van der Waals surface area contributed by atoms with Gasteiger partial charge in [-0.1, -0.05) is 27.7 Å². The van der Waals surface area contributed by atoms with Gasteiger partial charge in [0.25, 0.3) is 0 Å². The number of carbonyl (C=O) groups is 2. The van der Waals surface area contributed by atoms with Crippen molar-refractivity contribution in [2.75, 3.05) is 0 Å². The van der Waals surface area contributed by atoms with E-state index >= 15 is 0 Å². The number of Topliss-reactive ketones (excluding diaryl/α,β-unsaturated/α-hetero) is 1. The third-order valence-corrected chi connectivity index (χ3v) is 4.06. The Morgan fingerprint density at radius 2 is 2.14 bits per heavy atom. The summed E-state index contributed by atoms with van der Waals surface area (Å²) in [5, 5.41) is 7.31. The molecule has 0 aliphatic heterocycles. The molecule has 1 aliphatic rings. The number of hydrogen-bond donors (Lipinski definition) is 1. The molecule has 1 aromatic heterocycles. The third-order valence-electron chi connectivity index (χ3n) is 4.06. The maximum Gasteiger partial charge on any atom is 0.224 e. The Labute approximate surface area is 126 Å². The molecule has 0 spiro atoms. The van der Waals surface area contributed by atoms with Gasteiger partial charge in [0.2, 0.25) is 5.91 Å². The summed E-state index contributed by atoms with van der Waals surface area (Å²) in [6, 6.07) is 1.54. The van der Waals surface area contributed by atoms with Crippen molar-refractivity contribution in [3.05, 3.63) is 18.0 Å². The van der Waals surface area contributed by atoms with Gasteiger partial charge in [-0.25, -0.2) is 0 Å². The van der Waals surface area contributed by atoms with E-state index in [2.05, 4.69) is 10.4 Å². The topological polar surface area (TPSA) is 64.0 Å². The molecule has 2 rings (SSSR count). The van der Waals surface area contributed by atoms with Crippen molar-refractivity contribution in [1.29, 1.82) is 0 Å². The van der Waals surface area contributed by atoms with E-state index < -0.39 is 6.04 Å². The van der Waals surface area contributed by atoms with E-state index in [1.54, 1.807) is 4.68 Å². The largest absolute Gasteiger partial charge is 0.346 e. The van der Waals surface area contributed by atoms with Crippen LogP contribution in [0.4, 0.5) is 0 Å². The number of aromatic nitrogens is 2. The van der Waals surface area contributed by atoms with E-state index in [-0.39, 0.29) is 28.9 Å². The highest BCUT2D eigenvalue weighted by atomic mass is 16.2. The van der Waals surface area contributed by atoms with E-state index in [1.807, 2.05) is 47.0 Å². The van der Waals surface area contributed by atoms with Crippen LogP contribution in [-0.4, -0.2) is 27.5 Å². The summed E-state index contributed by atoms with van der Waals surface area (Å²) in [4.78, 5) is 24.4. The number of hydrogen-bond acceptors (Lipinski definition) is 3. The monoisotopic (exact) mass is 291 g/mol. The lowest BCUT2D eigenvalue weighted by molar-refractivity contribution is -0.130. The van der Waals surface area contributed by atoms with Crippen molar-refractivity contribution >= 4 is 11.7 Å². The molecule has 1 aliphatic carbocycles. The van der Waals surface area contributed by atoms with E-state index in [9.17, 15) is 9.59 Å². The van der Waals surface area contributed by atoms with Crippen LogP contribution < -0.4 is 5.32 Å². The smallest absolute Gasteiger partial charge is 0.224 e. The first-order valence-corrected chi connectivity index (χ1v) is 7.56. The van der Waals surface area contributed by atoms with Crippen molar-refractivity contribution in [2.24, 2.45) is 18.4 Å². The van der Waals surface area contributed by atoms with Gasteiger partial charge in [0.1, 0.15) is 0 Å². The number of nitrogens with zero attached hydrogens (tertiary/aromatic N) is 2. The molecule has 3 atom stereocenters. The highest BCUT2D eigenvalue weighted by Crippen LogP contribution is 2.47. The molecule has 1 amide bonds. The zero-order chi connectivity index (χ0) is 15.8. The molecule has 1 saturated carbocycles. The van der Waals surface area contributed by atoms with Gasteiger partial charge in [0.05, 0.1) is 11.7 Å². The minimum absolute atomic E-state index is 0.0209. The lowest BCUT2D eigenvalue weighted by Gasteiger charge is -2.30. The maximum absolute atomic E-state index is 12.4. The van der Waals surface area contributed by atoms with E-state index in [4.69, 9.17) is 0 Å². The van der Waals surface area contributed by atoms with Gasteiger partial charge in [-0.05, 0) is 17.9 Å². The molecule has 0 aromatic carbocycles. The predicted molar refractivity (Wildman–Crippen MR) is 80.7 cm³/mol. The number of carbonyl (C=O) groups excluding carboxylic acids is 2. The van der Waals surface area contributed by atoms with Gasteiger partial charge in [-0.2, -0.15) is 5.10 Å². The summed E-state index contributed by atoms with van der Waals surface area (Å²) in [5.74, 6) is 0.219. The lowest BCUT2D eigenvalue weighted by atomic mass is 9.83. The van der Waals surface area contributed by atoms with Gasteiger partial charge < -0.3 is 5.32 Å². The van der Waals surface area contributed by atoms with Crippen molar-refractivity contribution in [3.63, 3.8) is 0 Å². The number of amides is 1. The molecule has 1 heterocycles. The Balaban J connectivity index is 2.00. The second-order valence-electron chi connectivity index (χ2n) is 6.99. The molecule has 21 heavy (non-hydrogen) atoms. The van der Waals surface area contributed by atoms with Crippen molar-refractivity contribution in [3.8, 4) is 0 Å². The summed E-state index contributed by atoms with van der Waals surface area (Å²) in [6.45, 7) is 7.78. The molecule has 1 aromatic rings. The van der Waals surface area contributed by atoms with Crippen LogP contribution in [0.5, 0.6) is 0 Å². The maximum atomic E-state index is 12.4. The van der Waals surface area contributed by atoms with Gasteiger partial charge in [0.15, 0.2) is 5.78 Å². The van der Waals surface area contributed by atoms with Gasteiger partial charge >= 0.3 is 0 Å². The molecule has 1 fully saturated rings. The second kappa shape index (κ2) is 5.62. The van der Waals surface area contributed by atoms with Crippen LogP contribution in [0.2, 0.25) is 0 Å². The molecule has 116 valence electrons. The van der Waals surface area contributed by atoms with Gasteiger partial charge in [-0.3, -0.25) is 14.3 Å². The SMILES string of the molecule is CCC(=O)[C@@H](NC(=O)C1CC1c1ccn(C)n1)C(C)(C)C. The average Bonchev–Trinajstić information content (AvgIpc) is 3.09. The van der Waals surface area contributed by atoms with Crippen LogP contribution in [0.15, 0.2) is 12.3 Å². The summed E-state index contributed by atoms with van der Waals surface area (Å²) in [7, 11) is 1.87. The van der Waals surface area contributed by atoms with Crippen LogP contribution in [0.25, 0.3) is 0 Å². The van der Waals surface area contributed by atoms with E-state index in [1.165, 1.54) is 0 Å². The molecule has 0 bridgehead atoms. The normalized spacial score (nSPS) is 22.7. The highest BCUT2D eigenvalue weighted by Gasteiger charge is 2.47. The summed E-state index contributed by atoms with van der Waals surface area (Å²) < 4.78 is 1.75. The van der Waals surface area contributed by atoms with Gasteiger partial charge in [-0.15, -0.1) is 0 Å². The quantitative estimate of drug-likeness (QED) is 0.903. The Hall–Kier alpha value is -1.65. The molecule has 0 saturated heterocycles. The fraction of sp³-hybridized carbons (Fsp3) is 0.688. The predicted octanol–water partition coefficient (Wildman–Crippen LogP) is 2.03. The first kappa shape index (κ1) is 15.7. The highest BCUT2D eigenvalue weighted by molar-refractivity contribution is 5.91. The third kappa shape index (κ3) is 3.52. The molecular weight excluding hydrogens is 266 g/mol. The van der Waals surface area contributed by atoms with E-state index in [0.717, 1.165) is 12.1 Å². The fourth-order valence-electron chi connectivity index (χ4n) is 2.68. The van der Waals surface area contributed by atoms with Crippen molar-refractivity contribution < 1.29 is 9.59 Å². The molecule has 5 nitrogen and oxygen atoms in total. The zero-order valence-electron chi connectivity index (χ0n) is 13.5. The lowest BCUT2D eigenvalue weighted by Crippen LogP contribution is -2.49. The summed E-state index contributed by atoms with van der Waals surface area (Å²) in [6.07, 6.45) is 3.15. The molecule has 2 unspecified atom stereocenters. The number of aryl methyl sites for hydroxylation is 1. The van der Waals surface area contributed by atoms with Crippen LogP contribution in [-0.2, 0) is 16.6 Å². The van der Waals surface area contributed by atoms with Crippen LogP contribution in [0, 0.1) is 11.3 Å². The standard InChI is InChI=1S/C16H25N3O2/c1-6-13(20)14(16(2,3)4)17-15(21)11-9-10(11)12-7-8-19(5)18-12/h7-8,10-11,14H,6,9H2,1-5H3,(H,17,21)/t10?,11?,14-/m1/s1.